The first-order valence-corrected chi connectivity index (χ1v) is 7.79. The highest BCUT2D eigenvalue weighted by atomic mass is 16.5. The van der Waals surface area contributed by atoms with Crippen LogP contribution in [0.2, 0.25) is 0 Å². The SMILES string of the molecule is [B]C1([B])C=CC2=C(CCCC(N)(C(C)C)CCCC2)O1. The average Bonchev–Trinajstić information content (AvgIpc) is 2.35. The Morgan fingerprint density at radius 1 is 1.15 bits per heavy atom. The summed E-state index contributed by atoms with van der Waals surface area (Å²) in [6.45, 7) is 4.45. The number of nitrogens with two attached hydrogens (primary N) is 1. The quantitative estimate of drug-likeness (QED) is 0.743. The summed E-state index contributed by atoms with van der Waals surface area (Å²) >= 11 is 0. The molecule has 106 valence electrons. The van der Waals surface area contributed by atoms with Crippen molar-refractivity contribution < 1.29 is 4.74 Å². The van der Waals surface area contributed by atoms with E-state index in [1.54, 1.807) is 6.08 Å². The molecule has 2 aliphatic rings. The maximum absolute atomic E-state index is 6.59. The van der Waals surface area contributed by atoms with Crippen molar-refractivity contribution in [2.45, 2.75) is 69.7 Å². The summed E-state index contributed by atoms with van der Waals surface area (Å²) in [4.78, 5) is 0. The van der Waals surface area contributed by atoms with Crippen molar-refractivity contribution >= 4 is 15.7 Å². The predicted octanol–water partition coefficient (Wildman–Crippen LogP) is 2.92. The third-order valence-corrected chi connectivity index (χ3v) is 4.74. The third kappa shape index (κ3) is 3.72. The molecule has 0 amide bonds. The second-order valence-electron chi connectivity index (χ2n) is 6.69. The topological polar surface area (TPSA) is 35.2 Å². The Balaban J connectivity index is 2.10. The van der Waals surface area contributed by atoms with Crippen molar-refractivity contribution in [3.63, 3.8) is 0 Å². The first-order chi connectivity index (χ1) is 9.32. The van der Waals surface area contributed by atoms with Crippen molar-refractivity contribution in [3.8, 4) is 0 Å². The van der Waals surface area contributed by atoms with E-state index in [2.05, 4.69) is 13.8 Å². The Labute approximate surface area is 126 Å². The lowest BCUT2D eigenvalue weighted by Crippen LogP contribution is -2.45. The lowest BCUT2D eigenvalue weighted by molar-refractivity contribution is 0.158. The lowest BCUT2D eigenvalue weighted by Gasteiger charge is -2.36. The summed E-state index contributed by atoms with van der Waals surface area (Å²) in [5.74, 6) is 1.47. The second kappa shape index (κ2) is 6.01. The van der Waals surface area contributed by atoms with Crippen LogP contribution in [0.5, 0.6) is 0 Å². The summed E-state index contributed by atoms with van der Waals surface area (Å²) in [6, 6.07) is 0. The fourth-order valence-electron chi connectivity index (χ4n) is 3.12. The average molecular weight is 269 g/mol. The first-order valence-electron chi connectivity index (χ1n) is 7.79. The minimum Gasteiger partial charge on any atom is -0.507 e. The number of hydrogen-bond acceptors (Lipinski definition) is 2. The molecule has 1 unspecified atom stereocenters. The Morgan fingerprint density at radius 2 is 1.85 bits per heavy atom. The maximum Gasteiger partial charge on any atom is 0.122 e. The molecule has 20 heavy (non-hydrogen) atoms. The minimum absolute atomic E-state index is 0.0505. The van der Waals surface area contributed by atoms with Crippen molar-refractivity contribution in [1.82, 2.24) is 0 Å². The molecule has 2 rings (SSSR count). The number of rotatable bonds is 1. The Morgan fingerprint density at radius 3 is 2.55 bits per heavy atom. The van der Waals surface area contributed by atoms with Gasteiger partial charge >= 0.3 is 0 Å². The van der Waals surface area contributed by atoms with Crippen molar-refractivity contribution in [2.24, 2.45) is 11.7 Å². The van der Waals surface area contributed by atoms with Crippen LogP contribution in [0.15, 0.2) is 23.5 Å². The van der Waals surface area contributed by atoms with Gasteiger partial charge in [-0.15, -0.1) is 0 Å². The molecule has 4 radical (unpaired) electrons. The predicted molar refractivity (Wildman–Crippen MR) is 85.6 cm³/mol. The zero-order valence-corrected chi connectivity index (χ0v) is 12.8. The molecule has 0 spiro atoms. The highest BCUT2D eigenvalue weighted by Crippen LogP contribution is 2.34. The molecular weight excluding hydrogens is 244 g/mol. The van der Waals surface area contributed by atoms with E-state index < -0.39 is 5.40 Å². The minimum atomic E-state index is -1.15. The summed E-state index contributed by atoms with van der Waals surface area (Å²) < 4.78 is 5.75. The Hall–Kier alpha value is -0.630. The monoisotopic (exact) mass is 269 g/mol. The Bertz CT molecular complexity index is 415. The van der Waals surface area contributed by atoms with Crippen LogP contribution in [0.3, 0.4) is 0 Å². The van der Waals surface area contributed by atoms with Crippen LogP contribution in [0, 0.1) is 5.92 Å². The number of hydrogen-bond donors (Lipinski definition) is 1. The third-order valence-electron chi connectivity index (χ3n) is 4.74. The summed E-state index contributed by atoms with van der Waals surface area (Å²) in [5, 5.41) is -1.15. The van der Waals surface area contributed by atoms with Crippen molar-refractivity contribution in [1.29, 1.82) is 0 Å². The second-order valence-corrected chi connectivity index (χ2v) is 6.69. The smallest absolute Gasteiger partial charge is 0.122 e. The highest BCUT2D eigenvalue weighted by Gasteiger charge is 2.30. The number of ether oxygens (including phenoxy) is 1. The van der Waals surface area contributed by atoms with E-state index in [4.69, 9.17) is 26.2 Å². The van der Waals surface area contributed by atoms with E-state index in [-0.39, 0.29) is 5.54 Å². The first kappa shape index (κ1) is 15.8. The number of allylic oxidation sites excluding steroid dienone is 3. The summed E-state index contributed by atoms with van der Waals surface area (Å²) in [6.07, 6.45) is 11.1. The molecule has 0 aromatic rings. The van der Waals surface area contributed by atoms with Gasteiger partial charge in [-0.3, -0.25) is 0 Å². The normalized spacial score (nSPS) is 30.8. The van der Waals surface area contributed by atoms with Gasteiger partial charge in [-0.2, -0.15) is 0 Å². The van der Waals surface area contributed by atoms with Gasteiger partial charge in [0, 0.05) is 17.4 Å². The molecule has 2 nitrogen and oxygen atoms in total. The van der Waals surface area contributed by atoms with Gasteiger partial charge in [0.2, 0.25) is 0 Å². The fraction of sp³-hybridized carbons (Fsp3) is 0.750. The molecule has 0 bridgehead atoms. The zero-order valence-electron chi connectivity index (χ0n) is 12.8. The van der Waals surface area contributed by atoms with Crippen LogP contribution < -0.4 is 5.73 Å². The fourth-order valence-corrected chi connectivity index (χ4v) is 3.12. The van der Waals surface area contributed by atoms with Crippen molar-refractivity contribution in [3.05, 3.63) is 23.5 Å². The van der Waals surface area contributed by atoms with E-state index in [9.17, 15) is 0 Å². The van der Waals surface area contributed by atoms with E-state index in [1.807, 2.05) is 6.08 Å². The largest absolute Gasteiger partial charge is 0.507 e. The zero-order chi connectivity index (χ0) is 14.8. The molecule has 0 saturated carbocycles. The van der Waals surface area contributed by atoms with E-state index in [0.29, 0.717) is 5.92 Å². The van der Waals surface area contributed by atoms with Gasteiger partial charge in [-0.25, -0.2) is 0 Å². The van der Waals surface area contributed by atoms with Gasteiger partial charge in [0.25, 0.3) is 0 Å². The highest BCUT2D eigenvalue weighted by molar-refractivity contribution is 6.40. The molecule has 1 atom stereocenters. The standard InChI is InChI=1S/C16H25B2NO/c1-12(2)15(19)9-4-3-6-13-8-11-16(17,18)20-14(13)7-5-10-15/h8,11-12H,3-7,9-10,19H2,1-2H3. The molecule has 4 heteroatoms. The van der Waals surface area contributed by atoms with Gasteiger partial charge in [0.05, 0.1) is 5.76 Å². The van der Waals surface area contributed by atoms with Crippen LogP contribution >= 0.6 is 0 Å². The van der Waals surface area contributed by atoms with E-state index >= 15 is 0 Å². The summed E-state index contributed by atoms with van der Waals surface area (Å²) in [5.41, 5.74) is 7.80. The van der Waals surface area contributed by atoms with Gasteiger partial charge < -0.3 is 10.5 Å². The molecule has 1 heterocycles. The van der Waals surface area contributed by atoms with Crippen molar-refractivity contribution in [2.75, 3.05) is 0 Å². The summed E-state index contributed by atoms with van der Waals surface area (Å²) in [7, 11) is 11.7. The molecular formula is C16H25B2NO. The van der Waals surface area contributed by atoms with Gasteiger partial charge in [0.15, 0.2) is 0 Å². The van der Waals surface area contributed by atoms with Gasteiger partial charge in [0.1, 0.15) is 15.7 Å². The van der Waals surface area contributed by atoms with Crippen LogP contribution in [-0.2, 0) is 4.74 Å². The van der Waals surface area contributed by atoms with Crippen LogP contribution in [0.25, 0.3) is 0 Å². The molecule has 1 aliphatic heterocycles. The molecule has 0 aromatic heterocycles. The molecule has 0 aromatic carbocycles. The van der Waals surface area contributed by atoms with Crippen LogP contribution in [0.4, 0.5) is 0 Å². The van der Waals surface area contributed by atoms with E-state index in [0.717, 1.165) is 50.7 Å². The maximum atomic E-state index is 6.59. The van der Waals surface area contributed by atoms with Gasteiger partial charge in [-0.05, 0) is 43.6 Å². The lowest BCUT2D eigenvalue weighted by atomic mass is 9.64. The van der Waals surface area contributed by atoms with E-state index in [1.165, 1.54) is 5.57 Å². The van der Waals surface area contributed by atoms with Gasteiger partial charge in [-0.1, -0.05) is 32.4 Å². The molecule has 1 aliphatic carbocycles. The van der Waals surface area contributed by atoms with Crippen LogP contribution in [-0.4, -0.2) is 26.6 Å². The molecule has 2 N–H and O–H groups in total. The Kier molecular flexibility index (Phi) is 4.73. The van der Waals surface area contributed by atoms with Crippen LogP contribution in [0.1, 0.15) is 58.8 Å². The molecule has 0 fully saturated rings. The molecule has 0 saturated heterocycles.